The summed E-state index contributed by atoms with van der Waals surface area (Å²) in [5.41, 5.74) is 3.68. The Hall–Kier alpha value is -4.04. The number of nitrogens with one attached hydrogen (secondary N) is 1. The van der Waals surface area contributed by atoms with Gasteiger partial charge in [-0.15, -0.1) is 0 Å². The van der Waals surface area contributed by atoms with Crippen LogP contribution in [-0.4, -0.2) is 32.6 Å². The molecule has 0 atom stereocenters. The molecule has 0 bridgehead atoms. The summed E-state index contributed by atoms with van der Waals surface area (Å²) in [6.45, 7) is 3.83. The summed E-state index contributed by atoms with van der Waals surface area (Å²) in [6.07, 6.45) is 3.20. The predicted octanol–water partition coefficient (Wildman–Crippen LogP) is 3.62. The number of hydrogen-bond acceptors (Lipinski definition) is 4. The fraction of sp³-hybridized carbons (Fsp3) is 0.0833. The SMILES string of the molecule is Cc1ccc(N2C(=O)/C(=C/c3cccn3-c3cccc(C(=O)O)c3)C(=O)NC2=S)c(C)c1. The highest BCUT2D eigenvalue weighted by molar-refractivity contribution is 7.80. The maximum Gasteiger partial charge on any atom is 0.335 e. The largest absolute Gasteiger partial charge is 0.478 e. The minimum Gasteiger partial charge on any atom is -0.478 e. The summed E-state index contributed by atoms with van der Waals surface area (Å²) in [7, 11) is 0. The summed E-state index contributed by atoms with van der Waals surface area (Å²) in [5, 5.41) is 11.9. The molecule has 8 heteroatoms. The number of carbonyl (C=O) groups excluding carboxylic acids is 2. The number of aromatic carboxylic acids is 1. The van der Waals surface area contributed by atoms with Crippen LogP contribution in [0.2, 0.25) is 0 Å². The Bertz CT molecular complexity index is 1320. The molecule has 1 aromatic heterocycles. The van der Waals surface area contributed by atoms with Crippen LogP contribution in [0.1, 0.15) is 27.2 Å². The molecule has 0 saturated carbocycles. The highest BCUT2D eigenvalue weighted by Crippen LogP contribution is 2.26. The van der Waals surface area contributed by atoms with E-state index in [4.69, 9.17) is 12.2 Å². The molecule has 0 aliphatic carbocycles. The van der Waals surface area contributed by atoms with Gasteiger partial charge in [0.1, 0.15) is 5.57 Å². The number of rotatable bonds is 4. The second kappa shape index (κ2) is 8.24. The van der Waals surface area contributed by atoms with Crippen molar-refractivity contribution in [2.24, 2.45) is 0 Å². The first kappa shape index (κ1) is 21.2. The van der Waals surface area contributed by atoms with Gasteiger partial charge in [-0.25, -0.2) is 4.79 Å². The van der Waals surface area contributed by atoms with Gasteiger partial charge in [0.05, 0.1) is 11.3 Å². The molecule has 0 unspecified atom stereocenters. The monoisotopic (exact) mass is 445 g/mol. The van der Waals surface area contributed by atoms with Gasteiger partial charge in [0.25, 0.3) is 11.8 Å². The highest BCUT2D eigenvalue weighted by atomic mass is 32.1. The minimum absolute atomic E-state index is 0.0219. The number of nitrogens with zero attached hydrogens (tertiary/aromatic N) is 2. The smallest absolute Gasteiger partial charge is 0.335 e. The molecule has 2 N–H and O–H groups in total. The molecule has 1 aliphatic heterocycles. The molecular weight excluding hydrogens is 426 g/mol. The number of aromatic nitrogens is 1. The van der Waals surface area contributed by atoms with Crippen molar-refractivity contribution in [3.63, 3.8) is 0 Å². The fourth-order valence-electron chi connectivity index (χ4n) is 3.62. The van der Waals surface area contributed by atoms with Crippen molar-refractivity contribution in [1.82, 2.24) is 9.88 Å². The van der Waals surface area contributed by atoms with E-state index in [1.54, 1.807) is 41.1 Å². The van der Waals surface area contributed by atoms with E-state index < -0.39 is 17.8 Å². The Kier molecular flexibility index (Phi) is 5.46. The van der Waals surface area contributed by atoms with Crippen molar-refractivity contribution >= 4 is 46.9 Å². The predicted molar refractivity (Wildman–Crippen MR) is 125 cm³/mol. The number of amides is 2. The quantitative estimate of drug-likeness (QED) is 0.364. The second-order valence-electron chi connectivity index (χ2n) is 7.41. The number of hydrogen-bond donors (Lipinski definition) is 2. The van der Waals surface area contributed by atoms with Crippen molar-refractivity contribution in [3.8, 4) is 5.69 Å². The lowest BCUT2D eigenvalue weighted by Crippen LogP contribution is -2.54. The first-order valence-corrected chi connectivity index (χ1v) is 10.2. The van der Waals surface area contributed by atoms with Crippen molar-refractivity contribution in [3.05, 3.63) is 88.8 Å². The molecule has 2 heterocycles. The third-order valence-electron chi connectivity index (χ3n) is 5.14. The first-order valence-electron chi connectivity index (χ1n) is 9.76. The Morgan fingerprint density at radius 2 is 1.84 bits per heavy atom. The second-order valence-corrected chi connectivity index (χ2v) is 7.79. The summed E-state index contributed by atoms with van der Waals surface area (Å²) in [5.74, 6) is -2.16. The molecule has 32 heavy (non-hydrogen) atoms. The van der Waals surface area contributed by atoms with Gasteiger partial charge in [0.15, 0.2) is 5.11 Å². The zero-order valence-corrected chi connectivity index (χ0v) is 18.1. The molecule has 160 valence electrons. The van der Waals surface area contributed by atoms with Gasteiger partial charge in [-0.2, -0.15) is 0 Å². The molecule has 1 fully saturated rings. The Labute approximate surface area is 189 Å². The normalized spacial score (nSPS) is 15.2. The lowest BCUT2D eigenvalue weighted by molar-refractivity contribution is -0.122. The number of anilines is 1. The third-order valence-corrected chi connectivity index (χ3v) is 5.42. The lowest BCUT2D eigenvalue weighted by atomic mass is 10.1. The Morgan fingerprint density at radius 1 is 1.06 bits per heavy atom. The van der Waals surface area contributed by atoms with Gasteiger partial charge >= 0.3 is 5.97 Å². The van der Waals surface area contributed by atoms with Crippen LogP contribution in [-0.2, 0) is 9.59 Å². The van der Waals surface area contributed by atoms with E-state index >= 15 is 0 Å². The van der Waals surface area contributed by atoms with Gasteiger partial charge in [-0.1, -0.05) is 23.8 Å². The van der Waals surface area contributed by atoms with Crippen molar-refractivity contribution in [2.75, 3.05) is 4.90 Å². The molecule has 0 spiro atoms. The van der Waals surface area contributed by atoms with Crippen LogP contribution < -0.4 is 10.2 Å². The Morgan fingerprint density at radius 3 is 2.56 bits per heavy atom. The molecule has 1 aliphatic rings. The molecule has 2 aromatic carbocycles. The van der Waals surface area contributed by atoms with E-state index in [1.807, 2.05) is 26.0 Å². The number of carboxylic acid groups (broad SMARTS) is 1. The van der Waals surface area contributed by atoms with Gasteiger partial charge in [0, 0.05) is 17.6 Å². The van der Waals surface area contributed by atoms with Gasteiger partial charge in [-0.3, -0.25) is 19.8 Å². The zero-order chi connectivity index (χ0) is 23.0. The molecule has 0 radical (unpaired) electrons. The number of aryl methyl sites for hydroxylation is 2. The number of thiocarbonyl (C=S) groups is 1. The standard InChI is InChI=1S/C24H19N3O4S/c1-14-8-9-20(15(2)11-14)27-22(29)19(21(28)25-24(27)32)13-18-7-4-10-26(18)17-6-3-5-16(12-17)23(30)31/h3-13H,1-2H3,(H,30,31)(H,25,28,32)/b19-13+. The topological polar surface area (TPSA) is 91.6 Å². The van der Waals surface area contributed by atoms with Gasteiger partial charge in [0.2, 0.25) is 0 Å². The maximum atomic E-state index is 13.3. The van der Waals surface area contributed by atoms with Gasteiger partial charge < -0.3 is 9.67 Å². The summed E-state index contributed by atoms with van der Waals surface area (Å²) in [6, 6.07) is 15.5. The zero-order valence-electron chi connectivity index (χ0n) is 17.3. The van der Waals surface area contributed by atoms with E-state index in [9.17, 15) is 19.5 Å². The molecule has 2 amide bonds. The van der Waals surface area contributed by atoms with E-state index in [0.717, 1.165) is 11.1 Å². The number of carbonyl (C=O) groups is 3. The minimum atomic E-state index is -1.04. The number of benzene rings is 2. The van der Waals surface area contributed by atoms with E-state index in [-0.39, 0.29) is 16.2 Å². The van der Waals surface area contributed by atoms with Crippen molar-refractivity contribution < 1.29 is 19.5 Å². The molecule has 3 aromatic rings. The first-order chi connectivity index (χ1) is 15.3. The van der Waals surface area contributed by atoms with Crippen molar-refractivity contribution in [1.29, 1.82) is 0 Å². The summed E-state index contributed by atoms with van der Waals surface area (Å²) in [4.78, 5) is 38.6. The fourth-order valence-corrected chi connectivity index (χ4v) is 3.89. The van der Waals surface area contributed by atoms with Crippen LogP contribution in [0, 0.1) is 13.8 Å². The summed E-state index contributed by atoms with van der Waals surface area (Å²) >= 11 is 5.28. The molecule has 1 saturated heterocycles. The van der Waals surface area contributed by atoms with Crippen molar-refractivity contribution in [2.45, 2.75) is 13.8 Å². The molecular formula is C24H19N3O4S. The van der Waals surface area contributed by atoms with Crippen LogP contribution in [0.3, 0.4) is 0 Å². The van der Waals surface area contributed by atoms with E-state index in [2.05, 4.69) is 5.32 Å². The van der Waals surface area contributed by atoms with E-state index in [0.29, 0.717) is 17.1 Å². The Balaban J connectivity index is 1.76. The highest BCUT2D eigenvalue weighted by Gasteiger charge is 2.35. The number of carboxylic acids is 1. The maximum absolute atomic E-state index is 13.3. The third kappa shape index (κ3) is 3.83. The van der Waals surface area contributed by atoms with Crippen LogP contribution in [0.5, 0.6) is 0 Å². The van der Waals surface area contributed by atoms with Crippen LogP contribution in [0.25, 0.3) is 11.8 Å². The van der Waals surface area contributed by atoms with Crippen LogP contribution >= 0.6 is 12.2 Å². The average molecular weight is 446 g/mol. The molecule has 7 nitrogen and oxygen atoms in total. The summed E-state index contributed by atoms with van der Waals surface area (Å²) < 4.78 is 1.70. The van der Waals surface area contributed by atoms with Crippen LogP contribution in [0.4, 0.5) is 5.69 Å². The van der Waals surface area contributed by atoms with E-state index in [1.165, 1.54) is 23.1 Å². The molecule has 4 rings (SSSR count). The van der Waals surface area contributed by atoms with Crippen LogP contribution in [0.15, 0.2) is 66.4 Å². The lowest BCUT2D eigenvalue weighted by Gasteiger charge is -2.30. The average Bonchev–Trinajstić information content (AvgIpc) is 3.21. The van der Waals surface area contributed by atoms with Gasteiger partial charge in [-0.05, 0) is 74.1 Å².